The Morgan fingerprint density at radius 2 is 1.86 bits per heavy atom. The lowest BCUT2D eigenvalue weighted by atomic mass is 9.53. The first kappa shape index (κ1) is 17.1. The number of hydrogen-bond donors (Lipinski definition) is 1. The summed E-state index contributed by atoms with van der Waals surface area (Å²) >= 11 is 1.68. The van der Waals surface area contributed by atoms with Gasteiger partial charge in [0.25, 0.3) is 0 Å². The van der Waals surface area contributed by atoms with Crippen molar-refractivity contribution in [1.29, 1.82) is 0 Å². The van der Waals surface area contributed by atoms with Gasteiger partial charge in [0.1, 0.15) is 5.75 Å². The average molecular weight is 398 g/mol. The SMILES string of the molecule is COc1ccc2nc(N3CC(C(=O)NC45CC6CC(CC(C6)C4)C5)C3)sc2c1. The smallest absolute Gasteiger partial charge is 0.227 e. The minimum absolute atomic E-state index is 0.106. The summed E-state index contributed by atoms with van der Waals surface area (Å²) in [4.78, 5) is 19.9. The minimum atomic E-state index is 0.106. The number of thiazole rings is 1. The monoisotopic (exact) mass is 397 g/mol. The van der Waals surface area contributed by atoms with Gasteiger partial charge in [-0.1, -0.05) is 11.3 Å². The molecule has 2 aromatic rings. The first-order valence-electron chi connectivity index (χ1n) is 10.6. The summed E-state index contributed by atoms with van der Waals surface area (Å²) in [6.07, 6.45) is 7.90. The molecule has 0 radical (unpaired) electrons. The molecule has 6 heteroatoms. The molecule has 4 bridgehead atoms. The molecule has 28 heavy (non-hydrogen) atoms. The van der Waals surface area contributed by atoms with Crippen LogP contribution in [0.2, 0.25) is 0 Å². The van der Waals surface area contributed by atoms with Gasteiger partial charge in [-0.05, 0) is 74.5 Å². The van der Waals surface area contributed by atoms with Crippen molar-refractivity contribution in [1.82, 2.24) is 10.3 Å². The molecule has 0 unspecified atom stereocenters. The fourth-order valence-electron chi connectivity index (χ4n) is 6.58. The zero-order valence-electron chi connectivity index (χ0n) is 16.3. The molecular formula is C22H27N3O2S. The van der Waals surface area contributed by atoms with Crippen molar-refractivity contribution >= 4 is 32.6 Å². The van der Waals surface area contributed by atoms with Crippen molar-refractivity contribution in [2.45, 2.75) is 44.1 Å². The molecule has 5 nitrogen and oxygen atoms in total. The number of nitrogens with one attached hydrogen (secondary N) is 1. The third-order valence-electron chi connectivity index (χ3n) is 7.53. The Morgan fingerprint density at radius 3 is 2.50 bits per heavy atom. The molecule has 7 rings (SSSR count). The number of carbonyl (C=O) groups is 1. The largest absolute Gasteiger partial charge is 0.497 e. The van der Waals surface area contributed by atoms with Crippen molar-refractivity contribution in [3.8, 4) is 5.75 Å². The molecular weight excluding hydrogens is 370 g/mol. The Hall–Kier alpha value is -1.82. The van der Waals surface area contributed by atoms with E-state index in [2.05, 4.69) is 10.2 Å². The zero-order chi connectivity index (χ0) is 18.9. The van der Waals surface area contributed by atoms with Gasteiger partial charge in [-0.2, -0.15) is 0 Å². The molecule has 148 valence electrons. The Morgan fingerprint density at radius 1 is 1.18 bits per heavy atom. The molecule has 1 N–H and O–H groups in total. The molecule has 2 heterocycles. The van der Waals surface area contributed by atoms with Crippen molar-refractivity contribution in [3.63, 3.8) is 0 Å². The van der Waals surface area contributed by atoms with E-state index >= 15 is 0 Å². The maximum atomic E-state index is 13.0. The maximum Gasteiger partial charge on any atom is 0.227 e. The number of methoxy groups -OCH3 is 1. The zero-order valence-corrected chi connectivity index (χ0v) is 17.1. The van der Waals surface area contributed by atoms with Gasteiger partial charge in [0.05, 0.1) is 23.2 Å². The van der Waals surface area contributed by atoms with Crippen LogP contribution in [-0.4, -0.2) is 36.6 Å². The molecule has 1 amide bonds. The summed E-state index contributed by atoms with van der Waals surface area (Å²) in [5.74, 6) is 3.84. The van der Waals surface area contributed by atoms with E-state index in [4.69, 9.17) is 9.72 Å². The molecule has 5 aliphatic rings. The Balaban J connectivity index is 1.11. The van der Waals surface area contributed by atoms with E-state index in [9.17, 15) is 4.79 Å². The summed E-state index contributed by atoms with van der Waals surface area (Å²) in [5, 5.41) is 4.56. The fourth-order valence-corrected chi connectivity index (χ4v) is 7.59. The predicted octanol–water partition coefficient (Wildman–Crippen LogP) is 3.83. The number of nitrogens with zero attached hydrogens (tertiary/aromatic N) is 2. The Kier molecular flexibility index (Phi) is 3.71. The van der Waals surface area contributed by atoms with Crippen LogP contribution in [0.25, 0.3) is 10.2 Å². The average Bonchev–Trinajstić information content (AvgIpc) is 3.01. The van der Waals surface area contributed by atoms with Crippen LogP contribution in [0.5, 0.6) is 5.75 Å². The Bertz CT molecular complexity index is 898. The van der Waals surface area contributed by atoms with E-state index in [1.807, 2.05) is 18.2 Å². The highest BCUT2D eigenvalue weighted by Gasteiger charge is 2.52. The number of aromatic nitrogens is 1. The van der Waals surface area contributed by atoms with Crippen molar-refractivity contribution in [2.75, 3.05) is 25.1 Å². The standard InChI is InChI=1S/C22H27N3O2S/c1-27-17-2-3-18-19(7-17)28-21(23-18)25-11-16(12-25)20(26)24-22-8-13-4-14(9-22)6-15(5-13)10-22/h2-3,7,13-16H,4-6,8-12H2,1H3,(H,24,26). The van der Waals surface area contributed by atoms with E-state index < -0.39 is 0 Å². The van der Waals surface area contributed by atoms with Crippen LogP contribution >= 0.6 is 11.3 Å². The number of anilines is 1. The molecule has 5 fully saturated rings. The second-order valence-electron chi connectivity index (χ2n) is 9.62. The number of carbonyl (C=O) groups excluding carboxylic acids is 1. The number of hydrogen-bond acceptors (Lipinski definition) is 5. The van der Waals surface area contributed by atoms with Gasteiger partial charge in [0.15, 0.2) is 5.13 Å². The number of rotatable bonds is 4. The molecule has 4 saturated carbocycles. The first-order chi connectivity index (χ1) is 13.6. The lowest BCUT2D eigenvalue weighted by molar-refractivity contribution is -0.131. The van der Waals surface area contributed by atoms with Crippen molar-refractivity contribution < 1.29 is 9.53 Å². The topological polar surface area (TPSA) is 54.5 Å². The van der Waals surface area contributed by atoms with Crippen LogP contribution in [0.4, 0.5) is 5.13 Å². The van der Waals surface area contributed by atoms with E-state index in [1.54, 1.807) is 18.4 Å². The second-order valence-corrected chi connectivity index (χ2v) is 10.6. The van der Waals surface area contributed by atoms with E-state index in [0.29, 0.717) is 0 Å². The van der Waals surface area contributed by atoms with E-state index in [1.165, 1.54) is 38.5 Å². The summed E-state index contributed by atoms with van der Waals surface area (Å²) in [6.45, 7) is 1.57. The van der Waals surface area contributed by atoms with Gasteiger partial charge in [0.2, 0.25) is 5.91 Å². The van der Waals surface area contributed by atoms with Crippen LogP contribution in [0, 0.1) is 23.7 Å². The molecule has 0 spiro atoms. The molecule has 1 saturated heterocycles. The van der Waals surface area contributed by atoms with Gasteiger partial charge in [0, 0.05) is 18.6 Å². The molecule has 4 aliphatic carbocycles. The highest BCUT2D eigenvalue weighted by molar-refractivity contribution is 7.22. The normalized spacial score (nSPS) is 33.9. The highest BCUT2D eigenvalue weighted by atomic mass is 32.1. The molecule has 1 aliphatic heterocycles. The molecule has 1 aromatic heterocycles. The Labute approximate surface area is 169 Å². The van der Waals surface area contributed by atoms with Crippen LogP contribution in [0.1, 0.15) is 38.5 Å². The lowest BCUT2D eigenvalue weighted by Crippen LogP contribution is -2.63. The van der Waals surface area contributed by atoms with Crippen molar-refractivity contribution in [2.24, 2.45) is 23.7 Å². The molecule has 0 atom stereocenters. The minimum Gasteiger partial charge on any atom is -0.497 e. The van der Waals surface area contributed by atoms with Gasteiger partial charge in [-0.3, -0.25) is 4.79 Å². The third-order valence-corrected chi connectivity index (χ3v) is 8.61. The van der Waals surface area contributed by atoms with Crippen molar-refractivity contribution in [3.05, 3.63) is 18.2 Å². The van der Waals surface area contributed by atoms with Crippen LogP contribution in [0.3, 0.4) is 0 Å². The number of amides is 1. The number of ether oxygens (including phenoxy) is 1. The third kappa shape index (κ3) is 2.71. The lowest BCUT2D eigenvalue weighted by Gasteiger charge is -2.57. The van der Waals surface area contributed by atoms with Crippen LogP contribution < -0.4 is 15.0 Å². The van der Waals surface area contributed by atoms with E-state index in [-0.39, 0.29) is 17.4 Å². The summed E-state index contributed by atoms with van der Waals surface area (Å²) < 4.78 is 6.44. The molecule has 1 aromatic carbocycles. The summed E-state index contributed by atoms with van der Waals surface area (Å²) in [6, 6.07) is 5.99. The van der Waals surface area contributed by atoms with Gasteiger partial charge in [-0.15, -0.1) is 0 Å². The summed E-state index contributed by atoms with van der Waals surface area (Å²) in [5.41, 5.74) is 1.13. The van der Waals surface area contributed by atoms with Crippen LogP contribution in [0.15, 0.2) is 18.2 Å². The highest BCUT2D eigenvalue weighted by Crippen LogP contribution is 2.55. The second kappa shape index (κ2) is 6.09. The first-order valence-corrected chi connectivity index (χ1v) is 11.4. The number of benzene rings is 1. The quantitative estimate of drug-likeness (QED) is 0.852. The predicted molar refractivity (Wildman–Crippen MR) is 111 cm³/mol. The van der Waals surface area contributed by atoms with Gasteiger partial charge in [-0.25, -0.2) is 4.98 Å². The summed E-state index contributed by atoms with van der Waals surface area (Å²) in [7, 11) is 1.69. The maximum absolute atomic E-state index is 13.0. The van der Waals surface area contributed by atoms with E-state index in [0.717, 1.165) is 51.9 Å². The van der Waals surface area contributed by atoms with Gasteiger partial charge < -0.3 is 15.0 Å². The fraction of sp³-hybridized carbons (Fsp3) is 0.636. The van der Waals surface area contributed by atoms with Gasteiger partial charge >= 0.3 is 0 Å². The number of fused-ring (bicyclic) bond motifs is 1. The van der Waals surface area contributed by atoms with Crippen LogP contribution in [-0.2, 0) is 4.79 Å².